The summed E-state index contributed by atoms with van der Waals surface area (Å²) in [5.74, 6) is 0.564. The summed E-state index contributed by atoms with van der Waals surface area (Å²) in [6.45, 7) is 2.16. The van der Waals surface area contributed by atoms with E-state index < -0.39 is 0 Å². The zero-order chi connectivity index (χ0) is 20.3. The van der Waals surface area contributed by atoms with E-state index in [1.54, 1.807) is 25.4 Å². The first-order valence-electron chi connectivity index (χ1n) is 9.69. The highest BCUT2D eigenvalue weighted by molar-refractivity contribution is 7.15. The standard InChI is InChI=1S/C21H22FN5OS/c1-14(28)5-6-15-12-24-20(29-15)17-7-8-18(27-26-17)25-13-21(9-3-10-21)19-16(22)4-2-11-23-19/h2,4,7-8,11-12H,3,5-6,9-10,13H2,1H3,(H,25,27). The molecule has 0 atom stereocenters. The van der Waals surface area contributed by atoms with Gasteiger partial charge in [-0.1, -0.05) is 6.42 Å². The number of hydrogen-bond donors (Lipinski definition) is 1. The topological polar surface area (TPSA) is 80.7 Å². The number of nitrogens with zero attached hydrogens (tertiary/aromatic N) is 4. The number of aryl methyl sites for hydroxylation is 1. The van der Waals surface area contributed by atoms with Gasteiger partial charge in [-0.25, -0.2) is 9.37 Å². The Morgan fingerprint density at radius 1 is 1.24 bits per heavy atom. The van der Waals surface area contributed by atoms with Crippen LogP contribution in [0.15, 0.2) is 36.7 Å². The largest absolute Gasteiger partial charge is 0.368 e. The molecule has 0 bridgehead atoms. The quantitative estimate of drug-likeness (QED) is 0.599. The molecule has 0 unspecified atom stereocenters. The van der Waals surface area contributed by atoms with Crippen molar-refractivity contribution in [1.82, 2.24) is 20.2 Å². The molecule has 29 heavy (non-hydrogen) atoms. The molecule has 0 radical (unpaired) electrons. The van der Waals surface area contributed by atoms with Crippen LogP contribution in [0.4, 0.5) is 10.2 Å². The maximum atomic E-state index is 14.2. The number of ketones is 1. The van der Waals surface area contributed by atoms with Gasteiger partial charge in [0, 0.05) is 35.7 Å². The lowest BCUT2D eigenvalue weighted by Crippen LogP contribution is -2.42. The number of carbonyl (C=O) groups excluding carboxylic acids is 1. The van der Waals surface area contributed by atoms with Crippen LogP contribution in [0.5, 0.6) is 0 Å². The third-order valence-corrected chi connectivity index (χ3v) is 6.42. The van der Waals surface area contributed by atoms with Crippen LogP contribution in [0.3, 0.4) is 0 Å². The maximum Gasteiger partial charge on any atom is 0.148 e. The molecule has 0 spiro atoms. The molecule has 3 heterocycles. The first-order valence-corrected chi connectivity index (χ1v) is 10.5. The van der Waals surface area contributed by atoms with Gasteiger partial charge in [0.1, 0.15) is 28.1 Å². The van der Waals surface area contributed by atoms with Gasteiger partial charge >= 0.3 is 0 Å². The van der Waals surface area contributed by atoms with Crippen molar-refractivity contribution in [3.63, 3.8) is 0 Å². The van der Waals surface area contributed by atoms with E-state index in [9.17, 15) is 9.18 Å². The molecule has 0 aromatic carbocycles. The van der Waals surface area contributed by atoms with Crippen molar-refractivity contribution >= 4 is 22.9 Å². The van der Waals surface area contributed by atoms with Crippen molar-refractivity contribution in [2.75, 3.05) is 11.9 Å². The molecule has 1 fully saturated rings. The second-order valence-electron chi connectivity index (χ2n) is 7.46. The zero-order valence-electron chi connectivity index (χ0n) is 16.2. The Labute approximate surface area is 172 Å². The average molecular weight is 412 g/mol. The van der Waals surface area contributed by atoms with E-state index >= 15 is 0 Å². The number of aromatic nitrogens is 4. The van der Waals surface area contributed by atoms with Gasteiger partial charge in [-0.05, 0) is 50.5 Å². The summed E-state index contributed by atoms with van der Waals surface area (Å²) in [5.41, 5.74) is 0.944. The number of pyridine rings is 1. The molecule has 1 saturated carbocycles. The SMILES string of the molecule is CC(=O)CCc1cnc(-c2ccc(NCC3(c4ncccc4F)CCC3)nn2)s1. The van der Waals surface area contributed by atoms with Gasteiger partial charge in [0.15, 0.2) is 0 Å². The summed E-state index contributed by atoms with van der Waals surface area (Å²) in [6, 6.07) is 6.82. The van der Waals surface area contributed by atoms with Crippen LogP contribution >= 0.6 is 11.3 Å². The summed E-state index contributed by atoms with van der Waals surface area (Å²) in [4.78, 5) is 20.9. The summed E-state index contributed by atoms with van der Waals surface area (Å²) in [5, 5.41) is 12.6. The zero-order valence-corrected chi connectivity index (χ0v) is 17.0. The highest BCUT2D eigenvalue weighted by Gasteiger charge is 2.41. The molecule has 8 heteroatoms. The Hall–Kier alpha value is -2.74. The predicted molar refractivity (Wildman–Crippen MR) is 110 cm³/mol. The Balaban J connectivity index is 1.41. The first kappa shape index (κ1) is 19.6. The van der Waals surface area contributed by atoms with E-state index in [0.717, 1.165) is 29.1 Å². The van der Waals surface area contributed by atoms with E-state index in [4.69, 9.17) is 0 Å². The molecular weight excluding hydrogens is 389 g/mol. The van der Waals surface area contributed by atoms with Crippen LogP contribution in [0.25, 0.3) is 10.7 Å². The summed E-state index contributed by atoms with van der Waals surface area (Å²) < 4.78 is 14.2. The number of anilines is 1. The van der Waals surface area contributed by atoms with Gasteiger partial charge in [-0.3, -0.25) is 4.98 Å². The number of thiazole rings is 1. The van der Waals surface area contributed by atoms with Crippen molar-refractivity contribution in [2.24, 2.45) is 0 Å². The molecule has 0 aliphatic heterocycles. The molecule has 150 valence electrons. The maximum absolute atomic E-state index is 14.2. The van der Waals surface area contributed by atoms with E-state index in [1.165, 1.54) is 17.4 Å². The van der Waals surface area contributed by atoms with E-state index in [0.29, 0.717) is 36.6 Å². The summed E-state index contributed by atoms with van der Waals surface area (Å²) >= 11 is 1.53. The number of carbonyl (C=O) groups is 1. The van der Waals surface area contributed by atoms with Gasteiger partial charge in [0.05, 0.1) is 5.69 Å². The lowest BCUT2D eigenvalue weighted by atomic mass is 9.66. The fraction of sp³-hybridized carbons (Fsp3) is 0.381. The number of rotatable bonds is 8. The molecule has 0 saturated heterocycles. The first-order chi connectivity index (χ1) is 14.1. The van der Waals surface area contributed by atoms with E-state index in [-0.39, 0.29) is 17.0 Å². The van der Waals surface area contributed by atoms with Gasteiger partial charge in [0.2, 0.25) is 0 Å². The number of Topliss-reactive ketones (excluding diaryl/α,β-unsaturated/α-hetero) is 1. The molecule has 0 amide bonds. The highest BCUT2D eigenvalue weighted by atomic mass is 32.1. The lowest BCUT2D eigenvalue weighted by Gasteiger charge is -2.41. The number of hydrogen-bond acceptors (Lipinski definition) is 7. The molecule has 4 rings (SSSR count). The third kappa shape index (κ3) is 4.32. The van der Waals surface area contributed by atoms with E-state index in [1.807, 2.05) is 12.1 Å². The second-order valence-corrected chi connectivity index (χ2v) is 8.57. The molecule has 1 aliphatic carbocycles. The Kier molecular flexibility index (Phi) is 5.62. The highest BCUT2D eigenvalue weighted by Crippen LogP contribution is 2.43. The average Bonchev–Trinajstić information content (AvgIpc) is 3.16. The molecule has 6 nitrogen and oxygen atoms in total. The van der Waals surface area contributed by atoms with Crippen molar-refractivity contribution in [3.05, 3.63) is 53.0 Å². The normalized spacial score (nSPS) is 15.0. The Morgan fingerprint density at radius 2 is 2.10 bits per heavy atom. The predicted octanol–water partition coefficient (Wildman–Crippen LogP) is 4.19. The minimum absolute atomic E-state index is 0.171. The minimum Gasteiger partial charge on any atom is -0.368 e. The minimum atomic E-state index is -0.285. The second kappa shape index (κ2) is 8.32. The third-order valence-electron chi connectivity index (χ3n) is 5.34. The van der Waals surface area contributed by atoms with Crippen molar-refractivity contribution in [1.29, 1.82) is 0 Å². The number of halogens is 1. The van der Waals surface area contributed by atoms with Crippen LogP contribution in [0, 0.1) is 5.82 Å². The van der Waals surface area contributed by atoms with E-state index in [2.05, 4.69) is 25.5 Å². The molecule has 3 aromatic rings. The fourth-order valence-electron chi connectivity index (χ4n) is 3.52. The molecule has 1 aliphatic rings. The van der Waals surface area contributed by atoms with Crippen molar-refractivity contribution in [2.45, 2.75) is 44.4 Å². The fourth-order valence-corrected chi connectivity index (χ4v) is 4.39. The van der Waals surface area contributed by atoms with Crippen molar-refractivity contribution in [3.8, 4) is 10.7 Å². The van der Waals surface area contributed by atoms with Crippen LogP contribution in [-0.2, 0) is 16.6 Å². The van der Waals surface area contributed by atoms with Crippen LogP contribution in [-0.4, -0.2) is 32.5 Å². The van der Waals surface area contributed by atoms with Crippen LogP contribution < -0.4 is 5.32 Å². The summed E-state index contributed by atoms with van der Waals surface area (Å²) in [6.07, 6.45) is 7.53. The van der Waals surface area contributed by atoms with Gasteiger partial charge < -0.3 is 10.1 Å². The van der Waals surface area contributed by atoms with Gasteiger partial charge in [-0.15, -0.1) is 21.5 Å². The summed E-state index contributed by atoms with van der Waals surface area (Å²) in [7, 11) is 0. The van der Waals surface area contributed by atoms with Gasteiger partial charge in [-0.2, -0.15) is 0 Å². The smallest absolute Gasteiger partial charge is 0.148 e. The van der Waals surface area contributed by atoms with Gasteiger partial charge in [0.25, 0.3) is 0 Å². The molecule has 1 N–H and O–H groups in total. The van der Waals surface area contributed by atoms with Crippen molar-refractivity contribution < 1.29 is 9.18 Å². The molecule has 3 aromatic heterocycles. The van der Waals surface area contributed by atoms with Crippen LogP contribution in [0.1, 0.15) is 43.2 Å². The Bertz CT molecular complexity index is 1000. The molecular formula is C21H22FN5OS. The van der Waals surface area contributed by atoms with Crippen LogP contribution in [0.2, 0.25) is 0 Å². The lowest BCUT2D eigenvalue weighted by molar-refractivity contribution is -0.116. The Morgan fingerprint density at radius 3 is 2.76 bits per heavy atom. The monoisotopic (exact) mass is 411 g/mol. The number of nitrogens with one attached hydrogen (secondary N) is 1.